The van der Waals surface area contributed by atoms with E-state index in [1.54, 1.807) is 25.8 Å². The molecule has 6 unspecified atom stereocenters. The summed E-state index contributed by atoms with van der Waals surface area (Å²) >= 11 is 0. The summed E-state index contributed by atoms with van der Waals surface area (Å²) in [5.41, 5.74) is 17.5. The Balaban J connectivity index is 2.18. The summed E-state index contributed by atoms with van der Waals surface area (Å²) < 4.78 is 0. The van der Waals surface area contributed by atoms with Gasteiger partial charge in [-0.05, 0) is 141 Å². The predicted octanol–water partition coefficient (Wildman–Crippen LogP) is 0.302. The van der Waals surface area contributed by atoms with E-state index in [1.807, 2.05) is 34.6 Å². The molecule has 0 aromatic heterocycles. The maximum atomic E-state index is 15.3. The van der Waals surface area contributed by atoms with E-state index in [4.69, 9.17) is 17.2 Å². The summed E-state index contributed by atoms with van der Waals surface area (Å²) in [5.74, 6) is -4.77. The van der Waals surface area contributed by atoms with Gasteiger partial charge in [0.1, 0.15) is 12.1 Å². The molecule has 0 aromatic carbocycles. The molecule has 0 bridgehead atoms. The molecule has 68 heavy (non-hydrogen) atoms. The molecule has 19 nitrogen and oxygen atoms in total. The number of hydrogen-bond acceptors (Lipinski definition) is 14. The van der Waals surface area contributed by atoms with Crippen molar-refractivity contribution in [3.05, 3.63) is 0 Å². The second-order valence-corrected chi connectivity index (χ2v) is 20.1. The Labute approximate surface area is 405 Å². The standard InChI is InChI=1S/C49H89N11O8/c1-9-29(4)42-40(61)27-54-36(18-11-14-22-51)45(64)58-37(19-12-15-23-52)46(65)55-31(6)43(62)34(33-25-30(33)5)26-38(56-41(28(2)3)48(67)59-42)44(63)35(17-10-13-21-50)57-47(66)39-20-16-24-60(39)49(68)32(7)53-8/h28-39,41-42,53-54,56H,9-27,50-52H2,1-8H3,(H,55,65)(H,57,66)(H,58,64)(H,59,67)/t29-,30?,31?,32-,33?,34?,35-,36?,37-,38?,39-,41-,42-/m0/s1. The van der Waals surface area contributed by atoms with Crippen molar-refractivity contribution < 1.29 is 38.4 Å². The van der Waals surface area contributed by atoms with Crippen LogP contribution in [0.4, 0.5) is 0 Å². The number of likely N-dealkylation sites (tertiary alicyclic amines) is 1. The quantitative estimate of drug-likeness (QED) is 0.0654. The van der Waals surface area contributed by atoms with Gasteiger partial charge in [0.15, 0.2) is 17.3 Å². The van der Waals surface area contributed by atoms with Crippen molar-refractivity contribution in [3.63, 3.8) is 0 Å². The lowest BCUT2D eigenvalue weighted by molar-refractivity contribution is -0.140. The zero-order valence-corrected chi connectivity index (χ0v) is 42.5. The number of carbonyl (C=O) groups is 8. The van der Waals surface area contributed by atoms with Gasteiger partial charge in [0.25, 0.3) is 0 Å². The second-order valence-electron chi connectivity index (χ2n) is 20.1. The molecule has 5 amide bonds. The lowest BCUT2D eigenvalue weighted by Crippen LogP contribution is -2.61. The largest absolute Gasteiger partial charge is 0.345 e. The van der Waals surface area contributed by atoms with Crippen LogP contribution >= 0.6 is 0 Å². The Morgan fingerprint density at radius 2 is 1.38 bits per heavy atom. The number of nitrogens with zero attached hydrogens (tertiary/aromatic N) is 1. The highest BCUT2D eigenvalue weighted by Crippen LogP contribution is 2.46. The highest BCUT2D eigenvalue weighted by atomic mass is 16.2. The van der Waals surface area contributed by atoms with Gasteiger partial charge in [-0.1, -0.05) is 47.5 Å². The van der Waals surface area contributed by atoms with Crippen molar-refractivity contribution in [1.82, 2.24) is 42.1 Å². The van der Waals surface area contributed by atoms with E-state index >= 15 is 4.79 Å². The van der Waals surface area contributed by atoms with Crippen molar-refractivity contribution in [2.45, 2.75) is 193 Å². The van der Waals surface area contributed by atoms with Gasteiger partial charge >= 0.3 is 0 Å². The summed E-state index contributed by atoms with van der Waals surface area (Å²) in [4.78, 5) is 116. The maximum Gasteiger partial charge on any atom is 0.243 e. The second kappa shape index (κ2) is 29.3. The van der Waals surface area contributed by atoms with Crippen molar-refractivity contribution >= 4 is 46.9 Å². The zero-order valence-electron chi connectivity index (χ0n) is 42.5. The Bertz CT molecular complexity index is 1680. The molecule has 0 aromatic rings. The molecule has 13 N–H and O–H groups in total. The third-order valence-corrected chi connectivity index (χ3v) is 14.5. The van der Waals surface area contributed by atoms with Crippen LogP contribution in [-0.2, 0) is 38.4 Å². The number of unbranched alkanes of at least 4 members (excludes halogenated alkanes) is 3. The lowest BCUT2D eigenvalue weighted by atomic mass is 9.83. The number of carbonyl (C=O) groups excluding carboxylic acids is 8. The van der Waals surface area contributed by atoms with Crippen LogP contribution in [0.1, 0.15) is 138 Å². The van der Waals surface area contributed by atoms with Gasteiger partial charge < -0.3 is 48.7 Å². The molecule has 1 saturated carbocycles. The number of hydrogen-bond donors (Lipinski definition) is 10. The Hall–Kier alpha value is -3.88. The van der Waals surface area contributed by atoms with Gasteiger partial charge in [-0.3, -0.25) is 49.0 Å². The third-order valence-electron chi connectivity index (χ3n) is 14.5. The van der Waals surface area contributed by atoms with Gasteiger partial charge in [-0.15, -0.1) is 0 Å². The minimum Gasteiger partial charge on any atom is -0.345 e. The summed E-state index contributed by atoms with van der Waals surface area (Å²) in [5, 5.41) is 21.2. The molecule has 1 aliphatic carbocycles. The van der Waals surface area contributed by atoms with Crippen LogP contribution in [0.25, 0.3) is 0 Å². The molecule has 13 atom stereocenters. The van der Waals surface area contributed by atoms with E-state index in [1.165, 1.54) is 0 Å². The molecule has 19 heteroatoms. The first-order valence-corrected chi connectivity index (χ1v) is 25.7. The topological polar surface area (TPSA) is 302 Å². The Morgan fingerprint density at radius 1 is 0.779 bits per heavy atom. The summed E-state index contributed by atoms with van der Waals surface area (Å²) in [6.07, 6.45) is 6.46. The smallest absolute Gasteiger partial charge is 0.243 e. The van der Waals surface area contributed by atoms with E-state index in [9.17, 15) is 33.6 Å². The number of likely N-dealkylation sites (N-methyl/N-ethyl adjacent to an activating group) is 1. The fraction of sp³-hybridized carbons (Fsp3) is 0.837. The molecule has 388 valence electrons. The van der Waals surface area contributed by atoms with Gasteiger partial charge in [0, 0.05) is 12.5 Å². The van der Waals surface area contributed by atoms with Crippen LogP contribution in [0.5, 0.6) is 0 Å². The molecular weight excluding hydrogens is 871 g/mol. The maximum absolute atomic E-state index is 15.3. The van der Waals surface area contributed by atoms with Gasteiger partial charge in [-0.2, -0.15) is 0 Å². The van der Waals surface area contributed by atoms with E-state index in [0.717, 1.165) is 0 Å². The van der Waals surface area contributed by atoms with Crippen molar-refractivity contribution in [1.29, 1.82) is 0 Å². The zero-order chi connectivity index (χ0) is 50.7. The van der Waals surface area contributed by atoms with E-state index in [0.29, 0.717) is 96.8 Å². The van der Waals surface area contributed by atoms with Crippen molar-refractivity contribution in [2.24, 2.45) is 46.8 Å². The van der Waals surface area contributed by atoms with E-state index < -0.39 is 95.6 Å². The first kappa shape index (κ1) is 58.4. The minimum absolute atomic E-state index is 0.0425. The van der Waals surface area contributed by atoms with Crippen LogP contribution in [0, 0.1) is 29.6 Å². The summed E-state index contributed by atoms with van der Waals surface area (Å²) in [6.45, 7) is 14.1. The highest BCUT2D eigenvalue weighted by molar-refractivity contribution is 5.98. The molecule has 3 rings (SSSR count). The number of Topliss-reactive ketones (excluding diaryl/α,β-unsaturated/α-hetero) is 3. The SMILES string of the molecule is CC[C@H](C)[C@@H]1NC(=O)[C@H](C(C)C)NC(C(=O)[C@H](CCCCN)NC(=O)[C@@H]2CCCN2C(=O)[C@H](C)NC)CC(C2CC2C)C(=O)C(C)NC(=O)[C@H](CCCCN)NC(=O)C(CCCCN)NCC1=O. The molecular formula is C49H89N11O8. The van der Waals surface area contributed by atoms with Gasteiger partial charge in [0.2, 0.25) is 29.5 Å². The molecule has 2 heterocycles. The van der Waals surface area contributed by atoms with Gasteiger partial charge in [0.05, 0.1) is 48.8 Å². The molecule has 2 aliphatic heterocycles. The van der Waals surface area contributed by atoms with E-state index in [2.05, 4.69) is 37.2 Å². The fourth-order valence-electron chi connectivity index (χ4n) is 9.60. The Kier molecular flexibility index (Phi) is 25.2. The van der Waals surface area contributed by atoms with Crippen molar-refractivity contribution in [2.75, 3.05) is 39.8 Å². The normalized spacial score (nSPS) is 29.5. The van der Waals surface area contributed by atoms with Crippen molar-refractivity contribution in [3.8, 4) is 0 Å². The number of nitrogens with one attached hydrogen (secondary N) is 7. The number of rotatable bonds is 22. The van der Waals surface area contributed by atoms with Crippen LogP contribution in [0.2, 0.25) is 0 Å². The molecule has 2 saturated heterocycles. The van der Waals surface area contributed by atoms with Crippen LogP contribution < -0.4 is 54.4 Å². The number of ketones is 3. The Morgan fingerprint density at radius 3 is 1.96 bits per heavy atom. The third kappa shape index (κ3) is 17.2. The number of nitrogens with two attached hydrogens (primary N) is 3. The molecule has 0 spiro atoms. The molecule has 3 fully saturated rings. The average Bonchev–Trinajstić information content (AvgIpc) is 3.82. The van der Waals surface area contributed by atoms with Crippen LogP contribution in [0.3, 0.4) is 0 Å². The highest BCUT2D eigenvalue weighted by Gasteiger charge is 2.48. The fourth-order valence-corrected chi connectivity index (χ4v) is 9.60. The minimum atomic E-state index is -1.15. The van der Waals surface area contributed by atoms with E-state index in [-0.39, 0.29) is 61.0 Å². The molecule has 3 aliphatic rings. The lowest BCUT2D eigenvalue weighted by Gasteiger charge is -2.34. The van der Waals surface area contributed by atoms with Gasteiger partial charge in [-0.25, -0.2) is 0 Å². The summed E-state index contributed by atoms with van der Waals surface area (Å²) in [6, 6.07) is -8.42. The first-order chi connectivity index (χ1) is 32.3. The first-order valence-electron chi connectivity index (χ1n) is 25.7. The van der Waals surface area contributed by atoms with Crippen LogP contribution in [0.15, 0.2) is 0 Å². The van der Waals surface area contributed by atoms with Crippen LogP contribution in [-0.4, -0.2) is 146 Å². The number of amides is 5. The molecule has 0 radical (unpaired) electrons. The predicted molar refractivity (Wildman–Crippen MR) is 263 cm³/mol. The summed E-state index contributed by atoms with van der Waals surface area (Å²) in [7, 11) is 1.67. The monoisotopic (exact) mass is 960 g/mol. The average molecular weight is 960 g/mol.